The van der Waals surface area contributed by atoms with Crippen molar-refractivity contribution in [2.45, 2.75) is 6.54 Å². The fraction of sp³-hybridized carbons (Fsp3) is 0.0968. The topological polar surface area (TPSA) is 46.4 Å². The van der Waals surface area contributed by atoms with Crippen LogP contribution >= 0.6 is 0 Å². The van der Waals surface area contributed by atoms with Gasteiger partial charge in [-0.1, -0.05) is 54.6 Å². The van der Waals surface area contributed by atoms with Gasteiger partial charge in [-0.3, -0.25) is 0 Å². The largest absolute Gasteiger partial charge is 0.457 e. The first kappa shape index (κ1) is 21.4. The summed E-state index contributed by atoms with van der Waals surface area (Å²) in [6.45, 7) is 1.51. The fourth-order valence-corrected chi connectivity index (χ4v) is 5.22. The number of fused-ring (bicyclic) bond motifs is 4. The van der Waals surface area contributed by atoms with Gasteiger partial charge in [0.1, 0.15) is 11.5 Å². The van der Waals surface area contributed by atoms with Gasteiger partial charge < -0.3 is 19.1 Å². The first-order valence-electron chi connectivity index (χ1n) is 12.4. The second kappa shape index (κ2) is 8.68. The van der Waals surface area contributed by atoms with E-state index in [0.717, 1.165) is 35.4 Å². The van der Waals surface area contributed by atoms with E-state index < -0.39 is 0 Å². The zero-order valence-electron chi connectivity index (χ0n) is 20.5. The van der Waals surface area contributed by atoms with Crippen molar-refractivity contribution in [1.82, 2.24) is 14.5 Å². The first-order chi connectivity index (χ1) is 18.2. The average Bonchev–Trinajstić information content (AvgIpc) is 3.44. The van der Waals surface area contributed by atoms with Crippen molar-refractivity contribution >= 4 is 39.1 Å². The van der Waals surface area contributed by atoms with Crippen LogP contribution in [0.2, 0.25) is 0 Å². The number of rotatable bonds is 5. The highest BCUT2D eigenvalue weighted by atomic mass is 16.5. The predicted molar refractivity (Wildman–Crippen MR) is 149 cm³/mol. The molecule has 0 radical (unpaired) electrons. The number of hydrogen-bond donors (Lipinski definition) is 0. The van der Waals surface area contributed by atoms with Crippen molar-refractivity contribution in [3.05, 3.63) is 115 Å². The maximum absolute atomic E-state index is 6.39. The summed E-state index contributed by atoms with van der Waals surface area (Å²) >= 11 is 0. The number of aromatic nitrogens is 3. The molecule has 0 saturated heterocycles. The van der Waals surface area contributed by atoms with E-state index in [1.807, 2.05) is 19.2 Å². The third kappa shape index (κ3) is 3.74. The molecule has 37 heavy (non-hydrogen) atoms. The van der Waals surface area contributed by atoms with Crippen LogP contribution in [-0.4, -0.2) is 28.3 Å². The molecule has 1 aliphatic rings. The molecule has 0 spiro atoms. The van der Waals surface area contributed by atoms with Crippen LogP contribution in [0.1, 0.15) is 5.56 Å². The lowest BCUT2D eigenvalue weighted by molar-refractivity contribution is 0.483. The van der Waals surface area contributed by atoms with Gasteiger partial charge in [-0.25, -0.2) is 9.97 Å². The lowest BCUT2D eigenvalue weighted by Gasteiger charge is -2.19. The molecule has 0 unspecified atom stereocenters. The van der Waals surface area contributed by atoms with E-state index >= 15 is 0 Å². The summed E-state index contributed by atoms with van der Waals surface area (Å²) in [6.07, 6.45) is 3.46. The van der Waals surface area contributed by atoms with Crippen LogP contribution < -0.4 is 14.5 Å². The Balaban J connectivity index is 1.24. The van der Waals surface area contributed by atoms with E-state index in [1.165, 1.54) is 27.4 Å². The van der Waals surface area contributed by atoms with Crippen molar-refractivity contribution in [3.8, 4) is 11.5 Å². The molecule has 0 atom stereocenters. The smallest absolute Gasteiger partial charge is 0.178 e. The number of benzene rings is 4. The minimum Gasteiger partial charge on any atom is -0.457 e. The zero-order valence-corrected chi connectivity index (χ0v) is 20.5. The minimum atomic E-state index is 0.690. The van der Waals surface area contributed by atoms with Crippen LogP contribution in [0.5, 0.6) is 11.5 Å². The quantitative estimate of drug-likeness (QED) is 0.265. The second-order valence-corrected chi connectivity index (χ2v) is 9.34. The molecule has 2 aromatic heterocycles. The number of nitrogens with zero attached hydrogens (tertiary/aromatic N) is 5. The minimum absolute atomic E-state index is 0.690. The summed E-state index contributed by atoms with van der Waals surface area (Å²) in [6, 6.07) is 33.7. The Morgan fingerprint density at radius 1 is 0.703 bits per heavy atom. The molecule has 0 fully saturated rings. The number of ether oxygens (including phenoxy) is 1. The predicted octanol–water partition coefficient (Wildman–Crippen LogP) is 6.97. The Morgan fingerprint density at radius 3 is 2.35 bits per heavy atom. The molecule has 3 heterocycles. The summed E-state index contributed by atoms with van der Waals surface area (Å²) in [5.41, 5.74) is 4.71. The maximum atomic E-state index is 6.39. The zero-order chi connectivity index (χ0) is 24.8. The van der Waals surface area contributed by atoms with E-state index in [2.05, 4.69) is 109 Å². The molecule has 1 aliphatic heterocycles. The maximum Gasteiger partial charge on any atom is 0.178 e. The highest BCUT2D eigenvalue weighted by Gasteiger charge is 2.27. The van der Waals surface area contributed by atoms with Crippen LogP contribution in [0.3, 0.4) is 0 Å². The van der Waals surface area contributed by atoms with E-state index in [1.54, 1.807) is 12.4 Å². The number of para-hydroxylation sites is 1. The Hall–Kier alpha value is -4.84. The third-order valence-electron chi connectivity index (χ3n) is 6.92. The van der Waals surface area contributed by atoms with E-state index in [0.29, 0.717) is 6.67 Å². The SMILES string of the molecule is CN1CN(c2cccc(Oc3ccc4c(c3)c3ccccc3n4Cc3ccccc3)c2)c2nccnc21. The van der Waals surface area contributed by atoms with Gasteiger partial charge in [-0.2, -0.15) is 0 Å². The number of hydrogen-bond acceptors (Lipinski definition) is 5. The molecule has 6 nitrogen and oxygen atoms in total. The van der Waals surface area contributed by atoms with Gasteiger partial charge in [-0.05, 0) is 42.0 Å². The van der Waals surface area contributed by atoms with Gasteiger partial charge in [0, 0.05) is 59.5 Å². The van der Waals surface area contributed by atoms with Crippen molar-refractivity contribution in [2.24, 2.45) is 0 Å². The van der Waals surface area contributed by atoms with Crippen molar-refractivity contribution in [2.75, 3.05) is 23.5 Å². The Kier molecular flexibility index (Phi) is 5.03. The standard InChI is InChI=1S/C31H25N5O/c1-34-21-36(31-30(34)32-16-17-33-31)23-10-7-11-24(18-23)37-25-14-15-29-27(19-25)26-12-5-6-13-28(26)35(29)20-22-8-3-2-4-9-22/h2-19H,20-21H2,1H3. The molecule has 180 valence electrons. The van der Waals surface area contributed by atoms with Crippen LogP contribution in [0.25, 0.3) is 21.8 Å². The molecular formula is C31H25N5O. The highest BCUT2D eigenvalue weighted by Crippen LogP contribution is 2.38. The Morgan fingerprint density at radius 2 is 1.46 bits per heavy atom. The lowest BCUT2D eigenvalue weighted by atomic mass is 10.1. The monoisotopic (exact) mass is 483 g/mol. The molecule has 0 N–H and O–H groups in total. The van der Waals surface area contributed by atoms with Crippen LogP contribution in [0.4, 0.5) is 17.3 Å². The second-order valence-electron chi connectivity index (χ2n) is 9.34. The molecule has 4 aromatic carbocycles. The summed E-state index contributed by atoms with van der Waals surface area (Å²) < 4.78 is 8.77. The van der Waals surface area contributed by atoms with Gasteiger partial charge in [0.2, 0.25) is 0 Å². The Bertz CT molecular complexity index is 1740. The van der Waals surface area contributed by atoms with Gasteiger partial charge in [0.05, 0.1) is 6.67 Å². The average molecular weight is 484 g/mol. The first-order valence-corrected chi connectivity index (χ1v) is 12.4. The van der Waals surface area contributed by atoms with Crippen LogP contribution in [0.15, 0.2) is 109 Å². The van der Waals surface area contributed by atoms with Crippen LogP contribution in [0, 0.1) is 0 Å². The van der Waals surface area contributed by atoms with E-state index in [9.17, 15) is 0 Å². The highest BCUT2D eigenvalue weighted by molar-refractivity contribution is 6.08. The fourth-order valence-electron chi connectivity index (χ4n) is 5.22. The molecule has 0 bridgehead atoms. The normalized spacial score (nSPS) is 12.9. The molecular weight excluding hydrogens is 458 g/mol. The molecule has 6 heteroatoms. The van der Waals surface area contributed by atoms with Gasteiger partial charge >= 0.3 is 0 Å². The van der Waals surface area contributed by atoms with Gasteiger partial charge in [0.25, 0.3) is 0 Å². The van der Waals surface area contributed by atoms with E-state index in [-0.39, 0.29) is 0 Å². The summed E-state index contributed by atoms with van der Waals surface area (Å²) in [7, 11) is 2.03. The molecule has 7 rings (SSSR count). The van der Waals surface area contributed by atoms with Crippen molar-refractivity contribution in [1.29, 1.82) is 0 Å². The van der Waals surface area contributed by atoms with E-state index in [4.69, 9.17) is 4.74 Å². The van der Waals surface area contributed by atoms with Crippen LogP contribution in [-0.2, 0) is 6.54 Å². The third-order valence-corrected chi connectivity index (χ3v) is 6.92. The van der Waals surface area contributed by atoms with Gasteiger partial charge in [0.15, 0.2) is 11.6 Å². The molecule has 6 aromatic rings. The Labute approximate surface area is 215 Å². The summed E-state index contributed by atoms with van der Waals surface area (Å²) in [5, 5.41) is 2.41. The summed E-state index contributed by atoms with van der Waals surface area (Å²) in [5.74, 6) is 3.33. The summed E-state index contributed by atoms with van der Waals surface area (Å²) in [4.78, 5) is 13.3. The number of anilines is 3. The molecule has 0 aliphatic carbocycles. The lowest BCUT2D eigenvalue weighted by Crippen LogP contribution is -2.24. The van der Waals surface area contributed by atoms with Crippen molar-refractivity contribution in [3.63, 3.8) is 0 Å². The molecule has 0 saturated carbocycles. The van der Waals surface area contributed by atoms with Gasteiger partial charge in [-0.15, -0.1) is 0 Å². The molecule has 0 amide bonds. The van der Waals surface area contributed by atoms with Crippen molar-refractivity contribution < 1.29 is 4.74 Å².